The van der Waals surface area contributed by atoms with Crippen LogP contribution in [0.5, 0.6) is 5.75 Å². The van der Waals surface area contributed by atoms with Crippen molar-refractivity contribution in [1.29, 1.82) is 0 Å². The van der Waals surface area contributed by atoms with Crippen LogP contribution in [0.25, 0.3) is 0 Å². The molecule has 4 heteroatoms. The predicted molar refractivity (Wildman–Crippen MR) is 76.3 cm³/mol. The minimum absolute atomic E-state index is 0.131. The number of alkyl halides is 1. The highest BCUT2D eigenvalue weighted by Gasteiger charge is 2.40. The molecule has 0 bridgehead atoms. The average molecular weight is 325 g/mol. The number of halogens is 1. The molecule has 0 amide bonds. The van der Waals surface area contributed by atoms with Crippen LogP contribution in [-0.2, 0) is 21.7 Å². The molecule has 0 spiro atoms. The highest BCUT2D eigenvalue weighted by atomic mass is 79.9. The Bertz CT molecular complexity index is 550. The number of rotatable bonds is 2. The Kier molecular flexibility index (Phi) is 2.82. The third-order valence-electron chi connectivity index (χ3n) is 3.42. The summed E-state index contributed by atoms with van der Waals surface area (Å²) < 4.78 is 17.5. The zero-order valence-electron chi connectivity index (χ0n) is 11.3. The van der Waals surface area contributed by atoms with E-state index in [1.54, 1.807) is 6.26 Å². The van der Waals surface area contributed by atoms with Crippen LogP contribution in [0, 0.1) is 0 Å². The SMILES string of the molecule is CC1=COC(CBr)(c2ccc3c(c2)CC(C)(C)O3)O1. The van der Waals surface area contributed by atoms with Crippen LogP contribution < -0.4 is 4.74 Å². The van der Waals surface area contributed by atoms with Gasteiger partial charge in [0.05, 0.1) is 5.33 Å². The predicted octanol–water partition coefficient (Wildman–Crippen LogP) is 3.86. The first-order valence-corrected chi connectivity index (χ1v) is 7.48. The number of fused-ring (bicyclic) bond motifs is 1. The van der Waals surface area contributed by atoms with E-state index in [0.717, 1.165) is 23.5 Å². The van der Waals surface area contributed by atoms with E-state index in [0.29, 0.717) is 5.33 Å². The van der Waals surface area contributed by atoms with Crippen molar-refractivity contribution >= 4 is 15.9 Å². The first kappa shape index (κ1) is 12.9. The monoisotopic (exact) mass is 324 g/mol. The van der Waals surface area contributed by atoms with Gasteiger partial charge in [-0.3, -0.25) is 0 Å². The largest absolute Gasteiger partial charge is 0.487 e. The van der Waals surface area contributed by atoms with Crippen molar-refractivity contribution in [3.8, 4) is 5.75 Å². The topological polar surface area (TPSA) is 27.7 Å². The molecule has 0 fully saturated rings. The van der Waals surface area contributed by atoms with Crippen molar-refractivity contribution in [2.24, 2.45) is 0 Å². The summed E-state index contributed by atoms with van der Waals surface area (Å²) >= 11 is 3.49. The Morgan fingerprint density at radius 1 is 1.26 bits per heavy atom. The zero-order valence-corrected chi connectivity index (χ0v) is 12.9. The van der Waals surface area contributed by atoms with E-state index in [9.17, 15) is 0 Å². The van der Waals surface area contributed by atoms with Gasteiger partial charge in [-0.2, -0.15) is 0 Å². The molecule has 0 aliphatic carbocycles. The van der Waals surface area contributed by atoms with E-state index in [2.05, 4.69) is 35.8 Å². The molecule has 0 aromatic heterocycles. The van der Waals surface area contributed by atoms with Gasteiger partial charge in [0.15, 0.2) is 0 Å². The molecule has 0 saturated carbocycles. The summed E-state index contributed by atoms with van der Waals surface area (Å²) in [5.74, 6) is 1.00. The Morgan fingerprint density at radius 3 is 2.68 bits per heavy atom. The van der Waals surface area contributed by atoms with E-state index < -0.39 is 5.79 Å². The van der Waals surface area contributed by atoms with Gasteiger partial charge >= 0.3 is 0 Å². The molecule has 0 N–H and O–H groups in total. The molecule has 2 aliphatic rings. The Balaban J connectivity index is 1.96. The maximum absolute atomic E-state index is 5.89. The summed E-state index contributed by atoms with van der Waals surface area (Å²) in [7, 11) is 0. The third kappa shape index (κ3) is 2.12. The van der Waals surface area contributed by atoms with Gasteiger partial charge in [-0.1, -0.05) is 15.9 Å². The molecule has 19 heavy (non-hydrogen) atoms. The quantitative estimate of drug-likeness (QED) is 0.773. The molecule has 2 heterocycles. The van der Waals surface area contributed by atoms with Crippen LogP contribution in [0.15, 0.2) is 30.2 Å². The Labute approximate surface area is 121 Å². The molecule has 2 aliphatic heterocycles. The molecule has 1 aromatic rings. The molecule has 1 unspecified atom stereocenters. The molecule has 102 valence electrons. The van der Waals surface area contributed by atoms with Gasteiger partial charge in [0, 0.05) is 12.0 Å². The van der Waals surface area contributed by atoms with E-state index in [4.69, 9.17) is 14.2 Å². The first-order chi connectivity index (χ1) is 8.94. The summed E-state index contributed by atoms with van der Waals surface area (Å²) in [6.07, 6.45) is 2.57. The number of hydrogen-bond donors (Lipinski definition) is 0. The Morgan fingerprint density at radius 2 is 2.05 bits per heavy atom. The maximum atomic E-state index is 5.89. The lowest BCUT2D eigenvalue weighted by atomic mass is 9.98. The highest BCUT2D eigenvalue weighted by Crippen LogP contribution is 2.41. The van der Waals surface area contributed by atoms with Crippen LogP contribution in [0.2, 0.25) is 0 Å². The molecule has 0 saturated heterocycles. The summed E-state index contributed by atoms with van der Waals surface area (Å²) in [5.41, 5.74) is 2.09. The average Bonchev–Trinajstić information content (AvgIpc) is 2.87. The lowest BCUT2D eigenvalue weighted by Crippen LogP contribution is -2.29. The maximum Gasteiger partial charge on any atom is 0.286 e. The normalized spacial score (nSPS) is 27.1. The lowest BCUT2D eigenvalue weighted by Gasteiger charge is -2.27. The summed E-state index contributed by atoms with van der Waals surface area (Å²) in [4.78, 5) is 0. The second kappa shape index (κ2) is 4.17. The van der Waals surface area contributed by atoms with Gasteiger partial charge in [-0.25, -0.2) is 0 Å². The van der Waals surface area contributed by atoms with Crippen LogP contribution in [0.4, 0.5) is 0 Å². The number of ether oxygens (including phenoxy) is 3. The molecule has 3 nitrogen and oxygen atoms in total. The van der Waals surface area contributed by atoms with Crippen molar-refractivity contribution in [2.75, 3.05) is 5.33 Å². The molecular weight excluding hydrogens is 308 g/mol. The van der Waals surface area contributed by atoms with Gasteiger partial charge in [-0.15, -0.1) is 0 Å². The van der Waals surface area contributed by atoms with Gasteiger partial charge in [-0.05, 0) is 44.5 Å². The van der Waals surface area contributed by atoms with E-state index in [1.165, 1.54) is 5.56 Å². The van der Waals surface area contributed by atoms with Gasteiger partial charge in [0.25, 0.3) is 5.79 Å². The fraction of sp³-hybridized carbons (Fsp3) is 0.467. The van der Waals surface area contributed by atoms with Crippen LogP contribution >= 0.6 is 15.9 Å². The van der Waals surface area contributed by atoms with Crippen molar-refractivity contribution in [2.45, 2.75) is 38.6 Å². The van der Waals surface area contributed by atoms with Crippen LogP contribution in [0.3, 0.4) is 0 Å². The van der Waals surface area contributed by atoms with E-state index in [-0.39, 0.29) is 5.60 Å². The minimum Gasteiger partial charge on any atom is -0.487 e. The number of allylic oxidation sites excluding steroid dienone is 1. The van der Waals surface area contributed by atoms with Crippen molar-refractivity contribution < 1.29 is 14.2 Å². The zero-order chi connectivity index (χ0) is 13.7. The van der Waals surface area contributed by atoms with Crippen molar-refractivity contribution in [1.82, 2.24) is 0 Å². The highest BCUT2D eigenvalue weighted by molar-refractivity contribution is 9.09. The second-order valence-corrected chi connectivity index (χ2v) is 6.26. The fourth-order valence-electron chi connectivity index (χ4n) is 2.60. The third-order valence-corrected chi connectivity index (χ3v) is 4.16. The molecular formula is C15H17BrO3. The molecule has 0 radical (unpaired) electrons. The minimum atomic E-state index is -0.744. The fourth-order valence-corrected chi connectivity index (χ4v) is 3.17. The second-order valence-electron chi connectivity index (χ2n) is 5.70. The number of benzene rings is 1. The van der Waals surface area contributed by atoms with E-state index >= 15 is 0 Å². The van der Waals surface area contributed by atoms with Crippen molar-refractivity contribution in [3.63, 3.8) is 0 Å². The van der Waals surface area contributed by atoms with Crippen molar-refractivity contribution in [3.05, 3.63) is 41.3 Å². The van der Waals surface area contributed by atoms with Gasteiger partial charge < -0.3 is 14.2 Å². The summed E-state index contributed by atoms with van der Waals surface area (Å²) in [5, 5.41) is 0.580. The summed E-state index contributed by atoms with van der Waals surface area (Å²) in [6.45, 7) is 6.09. The van der Waals surface area contributed by atoms with Gasteiger partial charge in [0.2, 0.25) is 0 Å². The lowest BCUT2D eigenvalue weighted by molar-refractivity contribution is -0.134. The smallest absolute Gasteiger partial charge is 0.286 e. The molecule has 1 aromatic carbocycles. The molecule has 3 rings (SSSR count). The standard InChI is InChI=1S/C15H17BrO3/c1-10-8-17-15(9-16,18-10)12-4-5-13-11(6-12)7-14(2,3)19-13/h4-6,8H,7,9H2,1-3H3. The molecule has 1 atom stereocenters. The van der Waals surface area contributed by atoms with Crippen LogP contribution in [-0.4, -0.2) is 10.9 Å². The first-order valence-electron chi connectivity index (χ1n) is 6.36. The van der Waals surface area contributed by atoms with Gasteiger partial charge in [0.1, 0.15) is 23.4 Å². The Hall–Kier alpha value is -1.16. The van der Waals surface area contributed by atoms with E-state index in [1.807, 2.05) is 19.1 Å². The summed E-state index contributed by atoms with van der Waals surface area (Å²) in [6, 6.07) is 6.13. The number of hydrogen-bond acceptors (Lipinski definition) is 3. The van der Waals surface area contributed by atoms with Crippen LogP contribution in [0.1, 0.15) is 31.9 Å².